The number of hydrogen-bond acceptors (Lipinski definition) is 6. The van der Waals surface area contributed by atoms with Crippen molar-refractivity contribution in [3.8, 4) is 0 Å². The first kappa shape index (κ1) is 22.9. The molecule has 174 valence electrons. The number of ketones is 1. The molecule has 1 unspecified atom stereocenters. The van der Waals surface area contributed by atoms with Crippen molar-refractivity contribution in [2.75, 3.05) is 0 Å². The number of aromatic amines is 1. The lowest BCUT2D eigenvalue weighted by atomic mass is 9.44. The number of esters is 1. The third kappa shape index (κ3) is 3.04. The quantitative estimate of drug-likeness (QED) is 0.549. The van der Waals surface area contributed by atoms with Crippen molar-refractivity contribution in [3.05, 3.63) is 41.1 Å². The zero-order valence-electron chi connectivity index (χ0n) is 19.4. The number of rotatable bonds is 3. The Morgan fingerprint density at radius 2 is 2.03 bits per heavy atom. The van der Waals surface area contributed by atoms with Gasteiger partial charge in [0.05, 0.1) is 12.4 Å². The smallest absolute Gasteiger partial charge is 0.345 e. The molecule has 8 atom stereocenters. The van der Waals surface area contributed by atoms with E-state index in [1.807, 2.05) is 6.92 Å². The molecule has 3 aliphatic carbocycles. The molecule has 1 aromatic rings. The Labute approximate surface area is 188 Å². The van der Waals surface area contributed by atoms with Gasteiger partial charge in [0.1, 0.15) is 17.5 Å². The van der Waals surface area contributed by atoms with Gasteiger partial charge in [-0.05, 0) is 42.9 Å². The molecule has 3 saturated carbocycles. The third-order valence-electron chi connectivity index (χ3n) is 9.49. The fraction of sp³-hybridized carbons (Fsp3) is 0.680. The molecule has 0 aliphatic heterocycles. The van der Waals surface area contributed by atoms with Gasteiger partial charge in [-0.25, -0.2) is 9.78 Å². The number of aliphatic hydroxyl groups excluding tert-OH is 1. The van der Waals surface area contributed by atoms with Gasteiger partial charge < -0.3 is 14.8 Å². The molecule has 7 heteroatoms. The molecule has 3 fully saturated rings. The molecule has 32 heavy (non-hydrogen) atoms. The number of nitrogens with zero attached hydrogens (tertiary/aromatic N) is 1. The van der Waals surface area contributed by atoms with Crippen molar-refractivity contribution >= 4 is 11.8 Å². The summed E-state index contributed by atoms with van der Waals surface area (Å²) < 4.78 is 6.08. The summed E-state index contributed by atoms with van der Waals surface area (Å²) in [6, 6.07) is 0. The van der Waals surface area contributed by atoms with Crippen molar-refractivity contribution in [3.63, 3.8) is 0 Å². The van der Waals surface area contributed by atoms with Gasteiger partial charge in [-0.15, -0.1) is 6.58 Å². The van der Waals surface area contributed by atoms with Crippen LogP contribution in [0.3, 0.4) is 0 Å². The Balaban J connectivity index is 1.86. The van der Waals surface area contributed by atoms with E-state index in [2.05, 4.69) is 37.3 Å². The molecule has 7 nitrogen and oxygen atoms in total. The molecule has 3 aliphatic rings. The first-order valence-corrected chi connectivity index (χ1v) is 11.6. The van der Waals surface area contributed by atoms with Gasteiger partial charge in [0, 0.05) is 29.4 Å². The zero-order chi connectivity index (χ0) is 23.5. The van der Waals surface area contributed by atoms with Crippen molar-refractivity contribution in [2.45, 2.75) is 72.0 Å². The summed E-state index contributed by atoms with van der Waals surface area (Å²) in [5.74, 6) is -0.826. The summed E-state index contributed by atoms with van der Waals surface area (Å²) in [6.45, 7) is 12.2. The minimum absolute atomic E-state index is 0.0911. The number of aliphatic hydroxyl groups is 1. The molecule has 2 N–H and O–H groups in total. The maximum Gasteiger partial charge on any atom is 0.345 e. The Morgan fingerprint density at radius 1 is 1.31 bits per heavy atom. The largest absolute Gasteiger partial charge is 0.458 e. The van der Waals surface area contributed by atoms with E-state index in [0.717, 1.165) is 19.3 Å². The Bertz CT molecular complexity index is 1000. The number of carbonyl (C=O) groups is 2. The standard InChI is InChI=1S/C25H34N2O5/c1-6-23(4)11-18(32-22(31)16-12-26-13-27-21(16)30)24(5)14(2)7-9-25(15(3)20(23)29)10-8-17(28)19(24)25/h6,12-15,18-20,29H,1,7-11H2,2-5H3,(H,26,27,30)/t14-,15+,18-,19?,20+,23-,24+,25+/m1/s1. The van der Waals surface area contributed by atoms with Crippen molar-refractivity contribution < 1.29 is 19.4 Å². The van der Waals surface area contributed by atoms with E-state index < -0.39 is 34.6 Å². The molecule has 0 saturated heterocycles. The second-order valence-electron chi connectivity index (χ2n) is 10.8. The van der Waals surface area contributed by atoms with Crippen LogP contribution < -0.4 is 5.56 Å². The molecule has 0 aromatic carbocycles. The minimum Gasteiger partial charge on any atom is -0.458 e. The highest BCUT2D eigenvalue weighted by atomic mass is 16.5. The van der Waals surface area contributed by atoms with Gasteiger partial charge >= 0.3 is 5.97 Å². The van der Waals surface area contributed by atoms with Gasteiger partial charge in [0.15, 0.2) is 0 Å². The van der Waals surface area contributed by atoms with Gasteiger partial charge in [-0.1, -0.05) is 33.8 Å². The van der Waals surface area contributed by atoms with Gasteiger partial charge in [0.25, 0.3) is 5.56 Å². The lowest BCUT2D eigenvalue weighted by Crippen LogP contribution is -2.63. The van der Waals surface area contributed by atoms with Crippen LogP contribution in [0.5, 0.6) is 0 Å². The van der Waals surface area contributed by atoms with E-state index >= 15 is 0 Å². The number of hydrogen-bond donors (Lipinski definition) is 2. The Hall–Kier alpha value is -2.28. The van der Waals surface area contributed by atoms with E-state index in [9.17, 15) is 19.5 Å². The Morgan fingerprint density at radius 3 is 2.69 bits per heavy atom. The molecule has 0 amide bonds. The molecule has 1 heterocycles. The van der Waals surface area contributed by atoms with E-state index in [1.165, 1.54) is 12.5 Å². The molecular formula is C25H34N2O5. The van der Waals surface area contributed by atoms with Crippen LogP contribution >= 0.6 is 0 Å². The fourth-order valence-corrected chi connectivity index (χ4v) is 7.18. The summed E-state index contributed by atoms with van der Waals surface area (Å²) in [4.78, 5) is 44.9. The third-order valence-corrected chi connectivity index (χ3v) is 9.49. The second-order valence-corrected chi connectivity index (χ2v) is 10.8. The van der Waals surface area contributed by atoms with E-state index in [0.29, 0.717) is 12.8 Å². The Kier molecular flexibility index (Phi) is 5.47. The van der Waals surface area contributed by atoms with Crippen LogP contribution in [-0.4, -0.2) is 39.0 Å². The monoisotopic (exact) mass is 442 g/mol. The van der Waals surface area contributed by atoms with E-state index in [1.54, 1.807) is 6.08 Å². The van der Waals surface area contributed by atoms with Crippen molar-refractivity contribution in [2.24, 2.45) is 34.0 Å². The SMILES string of the molecule is C=C[C@]1(C)C[C@@H](OC(=O)c2cnc[nH]c2=O)[C@@]2(C)C3C(=O)CC[C@@]3(CC[C@H]2C)[C@@H](C)[C@@H]1O. The van der Waals surface area contributed by atoms with Crippen LogP contribution in [-0.2, 0) is 9.53 Å². The highest BCUT2D eigenvalue weighted by Crippen LogP contribution is 2.68. The lowest BCUT2D eigenvalue weighted by Gasteiger charge is -2.61. The van der Waals surface area contributed by atoms with Crippen LogP contribution in [0.25, 0.3) is 0 Å². The number of H-pyrrole nitrogens is 1. The number of ether oxygens (including phenoxy) is 1. The molecule has 2 bridgehead atoms. The summed E-state index contributed by atoms with van der Waals surface area (Å²) in [5, 5.41) is 11.5. The highest BCUT2D eigenvalue weighted by molar-refractivity contribution is 5.89. The van der Waals surface area contributed by atoms with Gasteiger partial charge in [-0.3, -0.25) is 9.59 Å². The van der Waals surface area contributed by atoms with E-state index in [-0.39, 0.29) is 34.5 Å². The average Bonchev–Trinajstić information content (AvgIpc) is 3.12. The van der Waals surface area contributed by atoms with Crippen LogP contribution in [0.1, 0.15) is 70.2 Å². The number of aromatic nitrogens is 2. The summed E-state index contributed by atoms with van der Waals surface area (Å²) in [7, 11) is 0. The normalized spacial score (nSPS) is 43.7. The first-order chi connectivity index (χ1) is 15.0. The maximum atomic E-state index is 13.4. The summed E-state index contributed by atoms with van der Waals surface area (Å²) in [5.41, 5.74) is -2.40. The van der Waals surface area contributed by atoms with Gasteiger partial charge in [0.2, 0.25) is 0 Å². The van der Waals surface area contributed by atoms with Gasteiger partial charge in [-0.2, -0.15) is 0 Å². The second kappa shape index (κ2) is 7.65. The summed E-state index contributed by atoms with van der Waals surface area (Å²) >= 11 is 0. The van der Waals surface area contributed by atoms with Crippen LogP contribution in [0.15, 0.2) is 30.0 Å². The number of nitrogens with one attached hydrogen (secondary N) is 1. The van der Waals surface area contributed by atoms with E-state index in [4.69, 9.17) is 4.74 Å². The first-order valence-electron chi connectivity index (χ1n) is 11.6. The number of carbonyl (C=O) groups excluding carboxylic acids is 2. The molecule has 4 rings (SSSR count). The predicted molar refractivity (Wildman–Crippen MR) is 119 cm³/mol. The average molecular weight is 443 g/mol. The lowest BCUT2D eigenvalue weighted by molar-refractivity contribution is -0.192. The van der Waals surface area contributed by atoms with Crippen LogP contribution in [0, 0.1) is 34.0 Å². The zero-order valence-corrected chi connectivity index (χ0v) is 19.4. The van der Waals surface area contributed by atoms with Crippen molar-refractivity contribution in [1.29, 1.82) is 0 Å². The fourth-order valence-electron chi connectivity index (χ4n) is 7.18. The highest BCUT2D eigenvalue weighted by Gasteiger charge is 2.68. The molecular weight excluding hydrogens is 408 g/mol. The minimum atomic E-state index is -0.756. The maximum absolute atomic E-state index is 13.4. The summed E-state index contributed by atoms with van der Waals surface area (Å²) in [6.07, 6.45) is 6.10. The van der Waals surface area contributed by atoms with Crippen LogP contribution in [0.4, 0.5) is 0 Å². The topological polar surface area (TPSA) is 109 Å². The predicted octanol–water partition coefficient (Wildman–Crippen LogP) is 3.29. The molecule has 0 radical (unpaired) electrons. The molecule has 0 spiro atoms. The molecule has 1 aromatic heterocycles. The number of Topliss-reactive ketones (excluding diaryl/α,β-unsaturated/α-hetero) is 1. The van der Waals surface area contributed by atoms with Crippen molar-refractivity contribution in [1.82, 2.24) is 9.97 Å². The van der Waals surface area contributed by atoms with Crippen LogP contribution in [0.2, 0.25) is 0 Å².